The highest BCUT2D eigenvalue weighted by Gasteiger charge is 2.18. The van der Waals surface area contributed by atoms with Crippen molar-refractivity contribution < 1.29 is 22.7 Å². The number of rotatable bonds is 14. The van der Waals surface area contributed by atoms with E-state index < -0.39 is 11.9 Å². The fourth-order valence-corrected chi connectivity index (χ4v) is 5.26. The molecule has 0 aromatic carbocycles. The van der Waals surface area contributed by atoms with E-state index in [4.69, 9.17) is 13.1 Å². The maximum Gasteiger partial charge on any atom is 0.333 e. The first-order chi connectivity index (χ1) is 11.8. The third-order valence-corrected chi connectivity index (χ3v) is 6.70. The molecule has 0 aliphatic rings. The first-order valence-corrected chi connectivity index (χ1v) is 11.4. The zero-order valence-corrected chi connectivity index (χ0v) is 18.3. The van der Waals surface area contributed by atoms with Crippen molar-refractivity contribution in [1.29, 1.82) is 0 Å². The molecule has 0 saturated carbocycles. The number of hydrogen-bond acceptors (Lipinski definition) is 9. The van der Waals surface area contributed by atoms with Crippen LogP contribution in [0.5, 0.6) is 0 Å². The Labute approximate surface area is 167 Å². The molecule has 0 heterocycles. The maximum absolute atomic E-state index is 11.5. The molecule has 25 heavy (non-hydrogen) atoms. The lowest BCUT2D eigenvalue weighted by atomic mass is 10.4. The Morgan fingerprint density at radius 3 is 1.48 bits per heavy atom. The molecule has 0 bridgehead atoms. The van der Waals surface area contributed by atoms with Crippen molar-refractivity contribution in [2.45, 2.75) is 36.9 Å². The van der Waals surface area contributed by atoms with Crippen molar-refractivity contribution in [3.63, 3.8) is 0 Å². The molecular weight excluding hydrogens is 400 g/mol. The standard InChI is InChI=1S/C16H26O5S4/c1-7-22-13(9-19-15(17)11(3)4)24-21-25-14(23-8-2)10-20-16(18)12(5)6/h13-14H,3,5,7-10H2,1-2,4,6H3. The molecule has 2 unspecified atom stereocenters. The summed E-state index contributed by atoms with van der Waals surface area (Å²) in [5.74, 6) is 0.946. The van der Waals surface area contributed by atoms with E-state index in [1.54, 1.807) is 37.4 Å². The minimum atomic E-state index is -0.402. The normalized spacial score (nSPS) is 13.0. The predicted octanol–water partition coefficient (Wildman–Crippen LogP) is 4.70. The van der Waals surface area contributed by atoms with Crippen LogP contribution in [0.3, 0.4) is 0 Å². The minimum Gasteiger partial charge on any atom is -0.460 e. The fraction of sp³-hybridized carbons (Fsp3) is 0.625. The van der Waals surface area contributed by atoms with Gasteiger partial charge in [-0.25, -0.2) is 13.2 Å². The summed E-state index contributed by atoms with van der Waals surface area (Å²) in [6.45, 7) is 14.9. The van der Waals surface area contributed by atoms with Crippen LogP contribution < -0.4 is 0 Å². The van der Waals surface area contributed by atoms with E-state index >= 15 is 0 Å². The Balaban J connectivity index is 4.30. The summed E-state index contributed by atoms with van der Waals surface area (Å²) < 4.78 is 15.9. The molecule has 0 fully saturated rings. The number of hydrogen-bond donors (Lipinski definition) is 0. The molecule has 0 rings (SSSR count). The quantitative estimate of drug-likeness (QED) is 0.170. The fourth-order valence-electron chi connectivity index (χ4n) is 1.22. The van der Waals surface area contributed by atoms with E-state index in [-0.39, 0.29) is 22.4 Å². The van der Waals surface area contributed by atoms with Gasteiger partial charge in [0.2, 0.25) is 0 Å². The number of thioether (sulfide) groups is 2. The monoisotopic (exact) mass is 426 g/mol. The van der Waals surface area contributed by atoms with Crippen LogP contribution >= 0.6 is 47.6 Å². The zero-order valence-electron chi connectivity index (χ0n) is 15.1. The largest absolute Gasteiger partial charge is 0.460 e. The third kappa shape index (κ3) is 12.7. The van der Waals surface area contributed by atoms with Gasteiger partial charge in [0.15, 0.2) is 0 Å². The Morgan fingerprint density at radius 2 is 1.20 bits per heavy atom. The third-order valence-electron chi connectivity index (χ3n) is 2.40. The highest BCUT2D eigenvalue weighted by atomic mass is 32.3. The smallest absolute Gasteiger partial charge is 0.333 e. The van der Waals surface area contributed by atoms with Gasteiger partial charge in [0, 0.05) is 35.2 Å². The lowest BCUT2D eigenvalue weighted by molar-refractivity contribution is -0.139. The summed E-state index contributed by atoms with van der Waals surface area (Å²) in [5.41, 5.74) is 0.749. The van der Waals surface area contributed by atoms with E-state index in [1.165, 1.54) is 24.1 Å². The van der Waals surface area contributed by atoms with Gasteiger partial charge in [0.25, 0.3) is 0 Å². The molecule has 5 nitrogen and oxygen atoms in total. The molecule has 0 aliphatic heterocycles. The predicted molar refractivity (Wildman–Crippen MR) is 112 cm³/mol. The van der Waals surface area contributed by atoms with Crippen LogP contribution in [0, 0.1) is 0 Å². The first-order valence-electron chi connectivity index (χ1n) is 7.69. The van der Waals surface area contributed by atoms with Crippen LogP contribution in [0.25, 0.3) is 0 Å². The molecule has 0 aliphatic carbocycles. The zero-order chi connectivity index (χ0) is 19.2. The molecule has 0 aromatic rings. The van der Waals surface area contributed by atoms with E-state index in [2.05, 4.69) is 13.2 Å². The average Bonchev–Trinajstić information content (AvgIpc) is 2.56. The van der Waals surface area contributed by atoms with E-state index in [0.29, 0.717) is 11.1 Å². The van der Waals surface area contributed by atoms with Gasteiger partial charge in [-0.15, -0.1) is 23.5 Å². The Bertz CT molecular complexity index is 416. The second-order valence-electron chi connectivity index (χ2n) is 4.79. The van der Waals surface area contributed by atoms with Crippen molar-refractivity contribution in [2.24, 2.45) is 0 Å². The lowest BCUT2D eigenvalue weighted by Crippen LogP contribution is -2.16. The first kappa shape index (κ1) is 24.8. The molecule has 0 amide bonds. The number of esters is 2. The van der Waals surface area contributed by atoms with Crippen molar-refractivity contribution >= 4 is 59.5 Å². The van der Waals surface area contributed by atoms with Crippen LogP contribution in [0.4, 0.5) is 0 Å². The Morgan fingerprint density at radius 1 is 0.840 bits per heavy atom. The van der Waals surface area contributed by atoms with E-state index in [0.717, 1.165) is 11.5 Å². The second-order valence-corrected chi connectivity index (χ2v) is 10.4. The van der Waals surface area contributed by atoms with Crippen LogP contribution in [0.15, 0.2) is 24.3 Å². The molecule has 0 radical (unpaired) electrons. The summed E-state index contributed by atoms with van der Waals surface area (Å²) in [7, 11) is 0. The molecule has 9 heteroatoms. The van der Waals surface area contributed by atoms with Gasteiger partial charge in [-0.05, 0) is 25.4 Å². The molecule has 0 N–H and O–H groups in total. The molecule has 144 valence electrons. The molecule has 0 saturated heterocycles. The molecular formula is C16H26O5S4. The van der Waals surface area contributed by atoms with Gasteiger partial charge in [-0.3, -0.25) is 0 Å². The number of ether oxygens (including phenoxy) is 2. The number of carbonyl (C=O) groups excluding carboxylic acids is 2. The van der Waals surface area contributed by atoms with Crippen LogP contribution in [0.2, 0.25) is 0 Å². The summed E-state index contributed by atoms with van der Waals surface area (Å²) >= 11 is 5.75. The highest BCUT2D eigenvalue weighted by molar-refractivity contribution is 8.21. The van der Waals surface area contributed by atoms with E-state index in [1.807, 2.05) is 13.8 Å². The summed E-state index contributed by atoms with van der Waals surface area (Å²) in [5, 5.41) is 0. The van der Waals surface area contributed by atoms with Crippen molar-refractivity contribution in [1.82, 2.24) is 0 Å². The van der Waals surface area contributed by atoms with Crippen LogP contribution in [0.1, 0.15) is 27.7 Å². The van der Waals surface area contributed by atoms with Gasteiger partial charge in [0.05, 0.1) is 0 Å². The van der Waals surface area contributed by atoms with Gasteiger partial charge >= 0.3 is 11.9 Å². The summed E-state index contributed by atoms with van der Waals surface area (Å²) in [6.07, 6.45) is 0. The van der Waals surface area contributed by atoms with Gasteiger partial charge < -0.3 is 9.47 Å². The van der Waals surface area contributed by atoms with E-state index in [9.17, 15) is 9.59 Å². The highest BCUT2D eigenvalue weighted by Crippen LogP contribution is 2.34. The lowest BCUT2D eigenvalue weighted by Gasteiger charge is -2.17. The molecule has 0 spiro atoms. The Hall–Kier alpha value is -0.220. The summed E-state index contributed by atoms with van der Waals surface area (Å²) in [4.78, 5) is 23.0. The van der Waals surface area contributed by atoms with Crippen LogP contribution in [-0.2, 0) is 22.7 Å². The van der Waals surface area contributed by atoms with Gasteiger partial charge in [-0.1, -0.05) is 27.0 Å². The topological polar surface area (TPSA) is 61.8 Å². The molecule has 2 atom stereocenters. The molecule has 0 aromatic heterocycles. The maximum atomic E-state index is 11.5. The average molecular weight is 427 g/mol. The second kappa shape index (κ2) is 14.9. The number of carbonyl (C=O) groups is 2. The van der Waals surface area contributed by atoms with Crippen molar-refractivity contribution in [2.75, 3.05) is 24.7 Å². The van der Waals surface area contributed by atoms with Crippen LogP contribution in [-0.4, -0.2) is 45.8 Å². The Kier molecular flexibility index (Phi) is 14.8. The van der Waals surface area contributed by atoms with Gasteiger partial charge in [0.1, 0.15) is 22.4 Å². The summed E-state index contributed by atoms with van der Waals surface area (Å²) in [6, 6.07) is 0. The van der Waals surface area contributed by atoms with Crippen molar-refractivity contribution in [3.8, 4) is 0 Å². The minimum absolute atomic E-state index is 0.0361. The van der Waals surface area contributed by atoms with Crippen molar-refractivity contribution in [3.05, 3.63) is 24.3 Å². The SMILES string of the molecule is C=C(C)C(=O)OCC(SCC)SOSC(COC(=O)C(=C)C)SCC. The van der Waals surface area contributed by atoms with Gasteiger partial charge in [-0.2, -0.15) is 0 Å².